The first-order valence-corrected chi connectivity index (χ1v) is 14.3. The fraction of sp³-hybridized carbons (Fsp3) is 0.452. The van der Waals surface area contributed by atoms with E-state index in [2.05, 4.69) is 34.3 Å². The largest absolute Gasteiger partial charge is 0.487 e. The van der Waals surface area contributed by atoms with Gasteiger partial charge in [-0.3, -0.25) is 9.48 Å². The summed E-state index contributed by atoms with van der Waals surface area (Å²) in [5, 5.41) is 14.4. The Morgan fingerprint density at radius 2 is 1.82 bits per heavy atom. The Hall–Kier alpha value is -3.88. The van der Waals surface area contributed by atoms with Crippen molar-refractivity contribution >= 4 is 22.7 Å². The molecule has 8 nitrogen and oxygen atoms in total. The van der Waals surface area contributed by atoms with Crippen LogP contribution in [0, 0.1) is 11.7 Å². The summed E-state index contributed by atoms with van der Waals surface area (Å²) in [4.78, 5) is 19.4. The summed E-state index contributed by atoms with van der Waals surface area (Å²) >= 11 is 0. The van der Waals surface area contributed by atoms with Gasteiger partial charge in [-0.2, -0.15) is 5.10 Å². The molecular formula is C31H36FN5O3. The summed E-state index contributed by atoms with van der Waals surface area (Å²) < 4.78 is 25.1. The average Bonchev–Trinajstić information content (AvgIpc) is 3.56. The van der Waals surface area contributed by atoms with E-state index in [0.717, 1.165) is 43.6 Å². The monoisotopic (exact) mass is 545 g/mol. The van der Waals surface area contributed by atoms with E-state index < -0.39 is 17.7 Å². The summed E-state index contributed by atoms with van der Waals surface area (Å²) in [7, 11) is 1.84. The number of carboxylic acids is 1. The molecule has 1 saturated carbocycles. The van der Waals surface area contributed by atoms with E-state index in [1.807, 2.05) is 29.9 Å². The van der Waals surface area contributed by atoms with Crippen molar-refractivity contribution in [3.63, 3.8) is 0 Å². The Bertz CT molecular complexity index is 1490. The third-order valence-electron chi connectivity index (χ3n) is 8.38. The molecule has 0 amide bonds. The van der Waals surface area contributed by atoms with Crippen LogP contribution in [0.5, 0.6) is 5.75 Å². The molecule has 1 saturated heterocycles. The highest BCUT2D eigenvalue weighted by Gasteiger charge is 2.36. The van der Waals surface area contributed by atoms with Crippen molar-refractivity contribution in [1.82, 2.24) is 19.3 Å². The number of benzene rings is 2. The lowest BCUT2D eigenvalue weighted by Gasteiger charge is -2.29. The molecule has 40 heavy (non-hydrogen) atoms. The van der Waals surface area contributed by atoms with Crippen molar-refractivity contribution in [3.8, 4) is 5.75 Å². The van der Waals surface area contributed by atoms with Crippen LogP contribution in [0.3, 0.4) is 0 Å². The molecule has 3 heterocycles. The zero-order valence-electron chi connectivity index (χ0n) is 22.9. The fourth-order valence-electron chi connectivity index (χ4n) is 6.29. The van der Waals surface area contributed by atoms with Crippen molar-refractivity contribution < 1.29 is 19.0 Å². The smallest absolute Gasteiger partial charge is 0.307 e. The van der Waals surface area contributed by atoms with Gasteiger partial charge >= 0.3 is 5.97 Å². The molecule has 9 heteroatoms. The molecule has 2 aromatic carbocycles. The Kier molecular flexibility index (Phi) is 7.45. The molecule has 0 bridgehead atoms. The molecule has 210 valence electrons. The Labute approximate surface area is 233 Å². The van der Waals surface area contributed by atoms with Gasteiger partial charge in [0.1, 0.15) is 23.7 Å². The van der Waals surface area contributed by atoms with Gasteiger partial charge in [0.25, 0.3) is 0 Å². The SMILES string of the molecule is Cn1ccc(COc2cc(F)c3nc([C@@H]4CCCC[C@@H]4C(=O)O)n(Cc4ccc(N5CCCCC5)cc4)c3c2)n1. The van der Waals surface area contributed by atoms with Gasteiger partial charge in [-0.15, -0.1) is 0 Å². The van der Waals surface area contributed by atoms with Crippen LogP contribution in [0.1, 0.15) is 67.9 Å². The lowest BCUT2D eigenvalue weighted by atomic mass is 9.78. The number of aromatic nitrogens is 4. The topological polar surface area (TPSA) is 85.4 Å². The molecule has 2 aromatic heterocycles. The van der Waals surface area contributed by atoms with Crippen molar-refractivity contribution in [2.24, 2.45) is 13.0 Å². The summed E-state index contributed by atoms with van der Waals surface area (Å²) in [6.45, 7) is 2.84. The summed E-state index contributed by atoms with van der Waals surface area (Å²) in [6, 6.07) is 13.6. The van der Waals surface area contributed by atoms with E-state index in [9.17, 15) is 9.90 Å². The van der Waals surface area contributed by atoms with Gasteiger partial charge in [0.2, 0.25) is 0 Å². The number of ether oxygens (including phenoxy) is 1. The van der Waals surface area contributed by atoms with Gasteiger partial charge in [0, 0.05) is 56.6 Å². The second-order valence-corrected chi connectivity index (χ2v) is 11.1. The highest BCUT2D eigenvalue weighted by molar-refractivity contribution is 5.79. The molecule has 2 aliphatic rings. The molecular weight excluding hydrogens is 509 g/mol. The van der Waals surface area contributed by atoms with E-state index in [0.29, 0.717) is 30.1 Å². The molecule has 2 fully saturated rings. The number of imidazole rings is 1. The van der Waals surface area contributed by atoms with Gasteiger partial charge in [0.05, 0.1) is 17.1 Å². The molecule has 6 rings (SSSR count). The Morgan fingerprint density at radius 3 is 2.55 bits per heavy atom. The normalized spacial score (nSPS) is 19.7. The van der Waals surface area contributed by atoms with Crippen molar-refractivity contribution in [2.45, 2.75) is 64.0 Å². The van der Waals surface area contributed by atoms with Gasteiger partial charge in [-0.1, -0.05) is 25.0 Å². The molecule has 2 atom stereocenters. The van der Waals surface area contributed by atoms with Crippen LogP contribution < -0.4 is 9.64 Å². The fourth-order valence-corrected chi connectivity index (χ4v) is 6.29. The zero-order valence-corrected chi connectivity index (χ0v) is 22.9. The van der Waals surface area contributed by atoms with Gasteiger partial charge < -0.3 is 19.3 Å². The summed E-state index contributed by atoms with van der Waals surface area (Å²) in [5.74, 6) is -1.06. The molecule has 1 aliphatic heterocycles. The number of nitrogens with zero attached hydrogens (tertiary/aromatic N) is 5. The van der Waals surface area contributed by atoms with Crippen LogP contribution in [-0.4, -0.2) is 43.5 Å². The van der Waals surface area contributed by atoms with E-state index in [-0.39, 0.29) is 18.0 Å². The predicted molar refractivity (Wildman–Crippen MR) is 151 cm³/mol. The molecule has 0 unspecified atom stereocenters. The first kappa shape index (κ1) is 26.3. The van der Waals surface area contributed by atoms with Crippen LogP contribution >= 0.6 is 0 Å². The first-order chi connectivity index (χ1) is 19.5. The second-order valence-electron chi connectivity index (χ2n) is 11.1. The van der Waals surface area contributed by atoms with E-state index >= 15 is 4.39 Å². The van der Waals surface area contributed by atoms with Crippen LogP contribution in [0.2, 0.25) is 0 Å². The number of rotatable bonds is 8. The minimum absolute atomic E-state index is 0.217. The number of aliphatic carboxylic acids is 1. The van der Waals surface area contributed by atoms with Gasteiger partial charge in [-0.25, -0.2) is 9.37 Å². The second kappa shape index (κ2) is 11.3. The van der Waals surface area contributed by atoms with Gasteiger partial charge in [-0.05, 0) is 55.9 Å². The van der Waals surface area contributed by atoms with Crippen LogP contribution in [0.15, 0.2) is 48.7 Å². The zero-order chi connectivity index (χ0) is 27.6. The maximum Gasteiger partial charge on any atom is 0.307 e. The minimum Gasteiger partial charge on any atom is -0.487 e. The molecule has 1 N–H and O–H groups in total. The number of piperidine rings is 1. The number of carbonyl (C=O) groups is 1. The third kappa shape index (κ3) is 5.42. The van der Waals surface area contributed by atoms with Crippen LogP contribution in [0.4, 0.5) is 10.1 Å². The number of hydrogen-bond donors (Lipinski definition) is 1. The Morgan fingerprint density at radius 1 is 1.05 bits per heavy atom. The number of carboxylic acid groups (broad SMARTS) is 1. The molecule has 4 aromatic rings. The Balaban J connectivity index is 1.37. The third-order valence-corrected chi connectivity index (χ3v) is 8.38. The van der Waals surface area contributed by atoms with Crippen LogP contribution in [-0.2, 0) is 25.0 Å². The molecule has 0 spiro atoms. The lowest BCUT2D eigenvalue weighted by Crippen LogP contribution is -2.29. The number of fused-ring (bicyclic) bond motifs is 1. The van der Waals surface area contributed by atoms with Crippen LogP contribution in [0.25, 0.3) is 11.0 Å². The number of anilines is 1. The van der Waals surface area contributed by atoms with Gasteiger partial charge in [0.15, 0.2) is 5.82 Å². The maximum atomic E-state index is 15.5. The van der Waals surface area contributed by atoms with E-state index in [1.165, 1.54) is 31.0 Å². The average molecular weight is 546 g/mol. The molecule has 1 aliphatic carbocycles. The quantitative estimate of drug-likeness (QED) is 0.297. The van der Waals surface area contributed by atoms with E-state index in [1.54, 1.807) is 4.68 Å². The summed E-state index contributed by atoms with van der Waals surface area (Å²) in [6.07, 6.45) is 8.70. The van der Waals surface area contributed by atoms with Crippen molar-refractivity contribution in [1.29, 1.82) is 0 Å². The highest BCUT2D eigenvalue weighted by Crippen LogP contribution is 2.40. The lowest BCUT2D eigenvalue weighted by molar-refractivity contribution is -0.143. The predicted octanol–water partition coefficient (Wildman–Crippen LogP) is 5.88. The van der Waals surface area contributed by atoms with Crippen molar-refractivity contribution in [2.75, 3.05) is 18.0 Å². The number of hydrogen-bond acceptors (Lipinski definition) is 5. The van der Waals surface area contributed by atoms with E-state index in [4.69, 9.17) is 9.72 Å². The van der Waals surface area contributed by atoms with Crippen molar-refractivity contribution in [3.05, 3.63) is 71.6 Å². The minimum atomic E-state index is -0.811. The molecule has 0 radical (unpaired) electrons. The summed E-state index contributed by atoms with van der Waals surface area (Å²) in [5.41, 5.74) is 3.89. The highest BCUT2D eigenvalue weighted by atomic mass is 19.1. The number of aryl methyl sites for hydroxylation is 1. The maximum absolute atomic E-state index is 15.5. The first-order valence-electron chi connectivity index (χ1n) is 14.3. The number of halogens is 1. The standard InChI is InChI=1S/C31H36FN5O3/c1-35-16-13-22(34-35)20-40-24-17-27(32)29-28(18-24)37(30(33-29)25-7-3-4-8-26(25)31(38)39)19-21-9-11-23(12-10-21)36-14-5-2-6-15-36/h9-13,16-18,25-26H,2-8,14-15,19-20H2,1H3,(H,38,39)/t25-,26+/m1/s1.